The summed E-state index contributed by atoms with van der Waals surface area (Å²) in [7, 11) is 0. The van der Waals surface area contributed by atoms with Gasteiger partial charge in [-0.3, -0.25) is 10.1 Å². The molecule has 0 radical (unpaired) electrons. The lowest BCUT2D eigenvalue weighted by atomic mass is 10.00. The number of non-ortho nitro benzene ring substituents is 1. The molecule has 0 unspecified atom stereocenters. The van der Waals surface area contributed by atoms with E-state index in [2.05, 4.69) is 9.88 Å². The number of nitrogens with zero attached hydrogens (tertiary/aromatic N) is 3. The molecular formula is C17H20N4O3. The van der Waals surface area contributed by atoms with E-state index in [1.807, 2.05) is 32.2 Å². The number of fused-ring (bicyclic) bond motifs is 1. The summed E-state index contributed by atoms with van der Waals surface area (Å²) in [4.78, 5) is 24.8. The molecule has 0 aliphatic carbocycles. The molecule has 2 amide bonds. The summed E-state index contributed by atoms with van der Waals surface area (Å²) in [5.74, 6) is 0. The van der Waals surface area contributed by atoms with Crippen LogP contribution in [-0.2, 0) is 6.54 Å². The molecule has 1 aromatic heterocycles. The first kappa shape index (κ1) is 16.0. The Balaban J connectivity index is 1.98. The summed E-state index contributed by atoms with van der Waals surface area (Å²) in [5, 5.41) is 13.8. The Labute approximate surface area is 140 Å². The zero-order valence-corrected chi connectivity index (χ0v) is 13.7. The predicted molar refractivity (Wildman–Crippen MR) is 89.7 cm³/mol. The number of aromatic nitrogens is 1. The van der Waals surface area contributed by atoms with E-state index in [1.165, 1.54) is 12.1 Å². The molecule has 0 spiro atoms. The van der Waals surface area contributed by atoms with Gasteiger partial charge in [-0.1, -0.05) is 0 Å². The molecule has 0 saturated heterocycles. The zero-order valence-electron chi connectivity index (χ0n) is 13.7. The maximum Gasteiger partial charge on any atom is 0.318 e. The van der Waals surface area contributed by atoms with Crippen molar-refractivity contribution in [3.63, 3.8) is 0 Å². The predicted octanol–water partition coefficient (Wildman–Crippen LogP) is 2.92. The smallest absolute Gasteiger partial charge is 0.318 e. The number of amides is 2. The Hall–Kier alpha value is -2.83. The van der Waals surface area contributed by atoms with Crippen LogP contribution in [0.25, 0.3) is 0 Å². The van der Waals surface area contributed by atoms with Gasteiger partial charge in [0.15, 0.2) is 0 Å². The number of rotatable bonds is 3. The van der Waals surface area contributed by atoms with Crippen molar-refractivity contribution in [1.82, 2.24) is 14.8 Å². The normalized spacial score (nSPS) is 16.8. The van der Waals surface area contributed by atoms with Crippen molar-refractivity contribution in [2.45, 2.75) is 32.5 Å². The van der Waals surface area contributed by atoms with Gasteiger partial charge in [0.2, 0.25) is 0 Å². The number of nitrogens with one attached hydrogen (secondary N) is 1. The van der Waals surface area contributed by atoms with E-state index in [4.69, 9.17) is 0 Å². The minimum absolute atomic E-state index is 0.0446. The third-order valence-corrected chi connectivity index (χ3v) is 4.13. The van der Waals surface area contributed by atoms with Crippen molar-refractivity contribution in [2.24, 2.45) is 0 Å². The lowest BCUT2D eigenvalue weighted by Crippen LogP contribution is -2.48. The Morgan fingerprint density at radius 1 is 1.25 bits per heavy atom. The number of benzene rings is 1. The zero-order chi connectivity index (χ0) is 17.3. The molecule has 24 heavy (non-hydrogen) atoms. The molecule has 0 bridgehead atoms. The topological polar surface area (TPSA) is 80.4 Å². The van der Waals surface area contributed by atoms with Crippen LogP contribution in [0.1, 0.15) is 31.1 Å². The molecule has 1 N–H and O–H groups in total. The summed E-state index contributed by atoms with van der Waals surface area (Å²) in [6, 6.07) is 10.0. The summed E-state index contributed by atoms with van der Waals surface area (Å²) in [6.07, 6.45) is 1.99. The first-order valence-electron chi connectivity index (χ1n) is 7.94. The maximum absolute atomic E-state index is 12.6. The number of hydrogen-bond acceptors (Lipinski definition) is 3. The molecule has 1 aliphatic rings. The minimum Gasteiger partial charge on any atom is -0.348 e. The van der Waals surface area contributed by atoms with Crippen molar-refractivity contribution < 1.29 is 9.72 Å². The van der Waals surface area contributed by atoms with Crippen LogP contribution in [0.5, 0.6) is 0 Å². The van der Waals surface area contributed by atoms with Gasteiger partial charge in [0.25, 0.3) is 5.69 Å². The standard InChI is InChI=1S/C17H20N4O3/c1-12(2)18-17(22)20-11-10-19-9-3-4-15(19)16(20)13-5-7-14(8-6-13)21(23)24/h3-9,12,16H,10-11H2,1-2H3,(H,18,22)/t16-/m0/s1. The van der Waals surface area contributed by atoms with Crippen LogP contribution in [0.4, 0.5) is 10.5 Å². The maximum atomic E-state index is 12.6. The molecule has 2 aromatic rings. The SMILES string of the molecule is CC(C)NC(=O)N1CCn2cccc2[C@@H]1c1ccc([N+](=O)[O-])cc1. The van der Waals surface area contributed by atoms with E-state index in [-0.39, 0.29) is 23.8 Å². The van der Waals surface area contributed by atoms with E-state index < -0.39 is 4.92 Å². The van der Waals surface area contributed by atoms with Crippen LogP contribution >= 0.6 is 0 Å². The van der Waals surface area contributed by atoms with E-state index in [9.17, 15) is 14.9 Å². The Morgan fingerprint density at radius 2 is 1.96 bits per heavy atom. The van der Waals surface area contributed by atoms with E-state index in [1.54, 1.807) is 17.0 Å². The molecule has 2 heterocycles. The number of nitro groups is 1. The van der Waals surface area contributed by atoms with Crippen LogP contribution < -0.4 is 5.32 Å². The van der Waals surface area contributed by atoms with E-state index in [0.717, 1.165) is 17.8 Å². The number of urea groups is 1. The monoisotopic (exact) mass is 328 g/mol. The van der Waals surface area contributed by atoms with Crippen LogP contribution in [0, 0.1) is 10.1 Å². The molecule has 7 nitrogen and oxygen atoms in total. The summed E-state index contributed by atoms with van der Waals surface area (Å²) < 4.78 is 2.12. The molecule has 0 saturated carbocycles. The second-order valence-corrected chi connectivity index (χ2v) is 6.18. The van der Waals surface area contributed by atoms with E-state index >= 15 is 0 Å². The fourth-order valence-corrected chi connectivity index (χ4v) is 3.06. The average Bonchev–Trinajstić information content (AvgIpc) is 3.01. The van der Waals surface area contributed by atoms with Crippen LogP contribution in [-0.4, -0.2) is 33.0 Å². The van der Waals surface area contributed by atoms with Crippen molar-refractivity contribution in [3.05, 3.63) is 64.0 Å². The van der Waals surface area contributed by atoms with Gasteiger partial charge in [-0.15, -0.1) is 0 Å². The van der Waals surface area contributed by atoms with Gasteiger partial charge >= 0.3 is 6.03 Å². The summed E-state index contributed by atoms with van der Waals surface area (Å²) >= 11 is 0. The quantitative estimate of drug-likeness (QED) is 0.695. The number of hydrogen-bond donors (Lipinski definition) is 1. The van der Waals surface area contributed by atoms with Crippen LogP contribution in [0.2, 0.25) is 0 Å². The highest BCUT2D eigenvalue weighted by Crippen LogP contribution is 2.33. The first-order chi connectivity index (χ1) is 11.5. The van der Waals surface area contributed by atoms with Crippen molar-refractivity contribution in [2.75, 3.05) is 6.54 Å². The van der Waals surface area contributed by atoms with Crippen molar-refractivity contribution in [3.8, 4) is 0 Å². The fourth-order valence-electron chi connectivity index (χ4n) is 3.06. The highest BCUT2D eigenvalue weighted by Gasteiger charge is 2.32. The first-order valence-corrected chi connectivity index (χ1v) is 7.94. The van der Waals surface area contributed by atoms with Gasteiger partial charge in [-0.2, -0.15) is 0 Å². The molecule has 1 atom stereocenters. The Bertz CT molecular complexity index is 751. The molecule has 7 heteroatoms. The second-order valence-electron chi connectivity index (χ2n) is 6.18. The molecule has 0 fully saturated rings. The second kappa shape index (κ2) is 6.35. The largest absolute Gasteiger partial charge is 0.348 e. The number of carbonyl (C=O) groups excluding carboxylic acids is 1. The van der Waals surface area contributed by atoms with Crippen LogP contribution in [0.15, 0.2) is 42.6 Å². The number of carbonyl (C=O) groups is 1. The molecular weight excluding hydrogens is 308 g/mol. The van der Waals surface area contributed by atoms with E-state index in [0.29, 0.717) is 6.54 Å². The van der Waals surface area contributed by atoms with Crippen molar-refractivity contribution in [1.29, 1.82) is 0 Å². The summed E-state index contributed by atoms with van der Waals surface area (Å²) in [6.45, 7) is 5.16. The fraction of sp³-hybridized carbons (Fsp3) is 0.353. The number of nitro benzene ring substituents is 1. The average molecular weight is 328 g/mol. The van der Waals surface area contributed by atoms with Crippen LogP contribution in [0.3, 0.4) is 0 Å². The Morgan fingerprint density at radius 3 is 2.58 bits per heavy atom. The lowest BCUT2D eigenvalue weighted by molar-refractivity contribution is -0.384. The highest BCUT2D eigenvalue weighted by molar-refractivity contribution is 5.75. The molecule has 1 aliphatic heterocycles. The third kappa shape index (κ3) is 2.97. The van der Waals surface area contributed by atoms with Gasteiger partial charge in [0, 0.05) is 43.2 Å². The van der Waals surface area contributed by atoms with Crippen molar-refractivity contribution >= 4 is 11.7 Å². The lowest BCUT2D eigenvalue weighted by Gasteiger charge is -2.37. The Kier molecular flexibility index (Phi) is 4.24. The highest BCUT2D eigenvalue weighted by atomic mass is 16.6. The van der Waals surface area contributed by atoms with Gasteiger partial charge in [-0.25, -0.2) is 4.79 Å². The van der Waals surface area contributed by atoms with Gasteiger partial charge in [-0.05, 0) is 43.7 Å². The van der Waals surface area contributed by atoms with Gasteiger partial charge in [0.05, 0.1) is 11.0 Å². The third-order valence-electron chi connectivity index (χ3n) is 4.13. The van der Waals surface area contributed by atoms with Gasteiger partial charge < -0.3 is 14.8 Å². The minimum atomic E-state index is -0.420. The summed E-state index contributed by atoms with van der Waals surface area (Å²) in [5.41, 5.74) is 1.91. The molecule has 126 valence electrons. The van der Waals surface area contributed by atoms with Gasteiger partial charge in [0.1, 0.15) is 0 Å². The molecule has 3 rings (SSSR count). The molecule has 1 aromatic carbocycles.